The van der Waals surface area contributed by atoms with Crippen LogP contribution in [0.1, 0.15) is 66.8 Å². The van der Waals surface area contributed by atoms with E-state index in [4.69, 9.17) is 14.2 Å². The number of allylic oxidation sites excluding steroid dienone is 5. The van der Waals surface area contributed by atoms with Crippen molar-refractivity contribution < 1.29 is 19.0 Å². The molecular weight excluding hydrogens is 474 g/mol. The summed E-state index contributed by atoms with van der Waals surface area (Å²) >= 11 is 0. The lowest BCUT2D eigenvalue weighted by Crippen LogP contribution is -2.31. The molecule has 5 nitrogen and oxygen atoms in total. The minimum absolute atomic E-state index is 0.0452. The van der Waals surface area contributed by atoms with Crippen molar-refractivity contribution >= 4 is 5.78 Å². The molecule has 1 atom stereocenters. The summed E-state index contributed by atoms with van der Waals surface area (Å²) in [6.45, 7) is 4.22. The maximum absolute atomic E-state index is 14.1. The molecular formula is C33H39NO4. The van der Waals surface area contributed by atoms with Crippen LogP contribution in [0.5, 0.6) is 11.5 Å². The van der Waals surface area contributed by atoms with E-state index in [1.54, 1.807) is 14.2 Å². The highest BCUT2D eigenvalue weighted by molar-refractivity contribution is 6.11. The number of hydrogen-bond acceptors (Lipinski definition) is 5. The van der Waals surface area contributed by atoms with Crippen LogP contribution in [-0.2, 0) is 4.74 Å². The van der Waals surface area contributed by atoms with Crippen LogP contribution in [0.3, 0.4) is 0 Å². The van der Waals surface area contributed by atoms with Crippen molar-refractivity contribution in [3.05, 3.63) is 94.3 Å². The van der Waals surface area contributed by atoms with Crippen LogP contribution >= 0.6 is 0 Å². The SMILES string of the molecule is COC1=CCC2=C(C(=O)c3ccc(OCCCN4CCCCC4)cc3)C(c3ccc(OC)cc3)CCC2=C1. The molecule has 0 N–H and O–H groups in total. The number of carbonyl (C=O) groups excluding carboxylic acids is 1. The molecule has 5 rings (SSSR count). The number of rotatable bonds is 10. The molecule has 1 saturated heterocycles. The highest BCUT2D eigenvalue weighted by Crippen LogP contribution is 2.45. The fourth-order valence-electron chi connectivity index (χ4n) is 5.94. The van der Waals surface area contributed by atoms with Gasteiger partial charge in [-0.3, -0.25) is 4.79 Å². The van der Waals surface area contributed by atoms with Crippen LogP contribution in [0.25, 0.3) is 0 Å². The Kier molecular flexibility index (Phi) is 8.65. The minimum atomic E-state index is 0.0452. The number of hydrogen-bond donors (Lipinski definition) is 0. The van der Waals surface area contributed by atoms with E-state index in [0.717, 1.165) is 59.8 Å². The van der Waals surface area contributed by atoms with E-state index < -0.39 is 0 Å². The van der Waals surface area contributed by atoms with Crippen LogP contribution in [-0.4, -0.2) is 51.1 Å². The summed E-state index contributed by atoms with van der Waals surface area (Å²) in [5, 5.41) is 0. The number of ketones is 1. The van der Waals surface area contributed by atoms with Crippen molar-refractivity contribution in [2.45, 2.75) is 50.9 Å². The zero-order valence-corrected chi connectivity index (χ0v) is 22.7. The first-order valence-corrected chi connectivity index (χ1v) is 14.0. The molecule has 200 valence electrons. The van der Waals surface area contributed by atoms with Gasteiger partial charge in [-0.2, -0.15) is 0 Å². The number of likely N-dealkylation sites (tertiary alicyclic amines) is 1. The predicted molar refractivity (Wildman–Crippen MR) is 151 cm³/mol. The first-order chi connectivity index (χ1) is 18.7. The fraction of sp³-hybridized carbons (Fsp3) is 0.424. The third kappa shape index (κ3) is 6.05. The van der Waals surface area contributed by atoms with E-state index in [0.29, 0.717) is 18.6 Å². The largest absolute Gasteiger partial charge is 0.497 e. The number of carbonyl (C=O) groups is 1. The molecule has 38 heavy (non-hydrogen) atoms. The van der Waals surface area contributed by atoms with Crippen molar-refractivity contribution in [3.63, 3.8) is 0 Å². The average molecular weight is 514 g/mol. The van der Waals surface area contributed by atoms with E-state index in [1.165, 1.54) is 37.9 Å². The van der Waals surface area contributed by atoms with Gasteiger partial charge in [0, 0.05) is 23.6 Å². The molecule has 0 saturated carbocycles. The number of methoxy groups -OCH3 is 2. The zero-order valence-electron chi connectivity index (χ0n) is 22.7. The van der Waals surface area contributed by atoms with Gasteiger partial charge in [0.15, 0.2) is 5.78 Å². The molecule has 3 aliphatic rings. The Morgan fingerprint density at radius 3 is 2.37 bits per heavy atom. The predicted octanol–water partition coefficient (Wildman–Crippen LogP) is 6.87. The highest BCUT2D eigenvalue weighted by atomic mass is 16.5. The lowest BCUT2D eigenvalue weighted by molar-refractivity contribution is 0.102. The summed E-state index contributed by atoms with van der Waals surface area (Å²) in [5.41, 5.74) is 5.10. The Balaban J connectivity index is 1.32. The Bertz CT molecular complexity index is 1200. The molecule has 1 fully saturated rings. The smallest absolute Gasteiger partial charge is 0.189 e. The average Bonchev–Trinajstić information content (AvgIpc) is 2.99. The maximum Gasteiger partial charge on any atom is 0.189 e. The molecule has 2 aliphatic carbocycles. The summed E-state index contributed by atoms with van der Waals surface area (Å²) in [6, 6.07) is 15.8. The van der Waals surface area contributed by atoms with Crippen LogP contribution in [0.2, 0.25) is 0 Å². The number of ether oxygens (including phenoxy) is 3. The molecule has 2 aromatic rings. The van der Waals surface area contributed by atoms with Gasteiger partial charge in [0.2, 0.25) is 0 Å². The number of Topliss-reactive ketones (excluding diaryl/α,β-unsaturated/α-hetero) is 1. The van der Waals surface area contributed by atoms with E-state index >= 15 is 0 Å². The summed E-state index contributed by atoms with van der Waals surface area (Å²) in [5.74, 6) is 2.66. The molecule has 5 heteroatoms. The number of benzene rings is 2. The first kappa shape index (κ1) is 26.3. The molecule has 0 amide bonds. The fourth-order valence-corrected chi connectivity index (χ4v) is 5.94. The van der Waals surface area contributed by atoms with Gasteiger partial charge in [0.1, 0.15) is 17.3 Å². The number of fused-ring (bicyclic) bond motifs is 1. The third-order valence-electron chi connectivity index (χ3n) is 8.04. The highest BCUT2D eigenvalue weighted by Gasteiger charge is 2.33. The van der Waals surface area contributed by atoms with Gasteiger partial charge < -0.3 is 19.1 Å². The molecule has 0 radical (unpaired) electrons. The zero-order chi connectivity index (χ0) is 26.3. The van der Waals surface area contributed by atoms with Crippen molar-refractivity contribution in [3.8, 4) is 11.5 Å². The molecule has 0 aromatic heterocycles. The van der Waals surface area contributed by atoms with Crippen LogP contribution in [0.4, 0.5) is 0 Å². The number of nitrogens with zero attached hydrogens (tertiary/aromatic N) is 1. The van der Waals surface area contributed by atoms with Gasteiger partial charge in [0.25, 0.3) is 0 Å². The normalized spacial score (nSPS) is 19.8. The van der Waals surface area contributed by atoms with Crippen molar-refractivity contribution in [1.29, 1.82) is 0 Å². The minimum Gasteiger partial charge on any atom is -0.497 e. The Labute approximate surface area is 226 Å². The molecule has 0 spiro atoms. The van der Waals surface area contributed by atoms with Gasteiger partial charge >= 0.3 is 0 Å². The molecule has 1 unspecified atom stereocenters. The second-order valence-corrected chi connectivity index (χ2v) is 10.4. The van der Waals surface area contributed by atoms with Gasteiger partial charge in [-0.1, -0.05) is 18.6 Å². The maximum atomic E-state index is 14.1. The summed E-state index contributed by atoms with van der Waals surface area (Å²) in [4.78, 5) is 16.6. The Hall–Kier alpha value is -3.31. The Morgan fingerprint density at radius 2 is 1.66 bits per heavy atom. The monoisotopic (exact) mass is 513 g/mol. The summed E-state index contributed by atoms with van der Waals surface area (Å²) < 4.78 is 16.9. The lowest BCUT2D eigenvalue weighted by atomic mass is 9.72. The second-order valence-electron chi connectivity index (χ2n) is 10.4. The molecule has 0 bridgehead atoms. The standard InChI is InChI=1S/C33H39NO4/c1-36-27-12-7-24(8-13-27)30-17-11-26-23-29(37-2)16-18-31(26)32(30)33(35)25-9-14-28(15-10-25)38-22-6-21-34-19-4-3-5-20-34/h7-10,12-16,23,30H,3-6,11,17-22H2,1-2H3. The lowest BCUT2D eigenvalue weighted by Gasteiger charge is -2.32. The van der Waals surface area contributed by atoms with Gasteiger partial charge in [-0.25, -0.2) is 0 Å². The molecule has 1 aliphatic heterocycles. The van der Waals surface area contributed by atoms with E-state index in [1.807, 2.05) is 36.4 Å². The number of piperidine rings is 1. The van der Waals surface area contributed by atoms with Gasteiger partial charge in [0.05, 0.1) is 20.8 Å². The first-order valence-electron chi connectivity index (χ1n) is 14.0. The van der Waals surface area contributed by atoms with E-state index in [2.05, 4.69) is 29.2 Å². The van der Waals surface area contributed by atoms with Gasteiger partial charge in [-0.15, -0.1) is 0 Å². The third-order valence-corrected chi connectivity index (χ3v) is 8.04. The van der Waals surface area contributed by atoms with E-state index in [9.17, 15) is 4.79 Å². The van der Waals surface area contributed by atoms with Crippen LogP contribution < -0.4 is 9.47 Å². The van der Waals surface area contributed by atoms with Crippen molar-refractivity contribution in [2.24, 2.45) is 0 Å². The Morgan fingerprint density at radius 1 is 0.921 bits per heavy atom. The molecule has 1 heterocycles. The quantitative estimate of drug-likeness (QED) is 0.256. The van der Waals surface area contributed by atoms with Crippen molar-refractivity contribution in [1.82, 2.24) is 4.90 Å². The summed E-state index contributed by atoms with van der Waals surface area (Å²) in [7, 11) is 3.37. The topological polar surface area (TPSA) is 48.0 Å². The van der Waals surface area contributed by atoms with Crippen molar-refractivity contribution in [2.75, 3.05) is 40.5 Å². The molecule has 2 aromatic carbocycles. The van der Waals surface area contributed by atoms with Crippen LogP contribution in [0.15, 0.2) is 83.2 Å². The summed E-state index contributed by atoms with van der Waals surface area (Å²) in [6.07, 6.45) is 11.7. The van der Waals surface area contributed by atoms with E-state index in [-0.39, 0.29) is 11.7 Å². The van der Waals surface area contributed by atoms with Crippen LogP contribution in [0, 0.1) is 0 Å². The second kappa shape index (κ2) is 12.5. The van der Waals surface area contributed by atoms with Gasteiger partial charge in [-0.05, 0) is 117 Å².